The molecule has 0 spiro atoms. The molecule has 0 aromatic heterocycles. The van der Waals surface area contributed by atoms with Crippen LogP contribution in [0, 0.1) is 0 Å². The Hall–Kier alpha value is -4.78. The Balaban J connectivity index is 2.19. The summed E-state index contributed by atoms with van der Waals surface area (Å²) in [5.41, 5.74) is 17.7. The molecule has 0 aliphatic carbocycles. The summed E-state index contributed by atoms with van der Waals surface area (Å²) in [5, 5.41) is 10.1. The number of rotatable bonds is 19. The molecule has 2 aromatic rings. The van der Waals surface area contributed by atoms with Gasteiger partial charge in [-0.25, -0.2) is 0 Å². The molecule has 13 nitrogen and oxygen atoms in total. The number of nitrogens with two attached hydrogens (primary N) is 3. The predicted molar refractivity (Wildman–Crippen MR) is 160 cm³/mol. The second kappa shape index (κ2) is 18.6. The van der Waals surface area contributed by atoms with E-state index in [0.29, 0.717) is 25.8 Å². The van der Waals surface area contributed by atoms with Gasteiger partial charge in [0.05, 0.1) is 13.0 Å². The predicted octanol–water partition coefficient (Wildman–Crippen LogP) is -1.08. The molecule has 0 saturated heterocycles. The first-order valence-electron chi connectivity index (χ1n) is 14.1. The van der Waals surface area contributed by atoms with E-state index in [2.05, 4.69) is 21.3 Å². The van der Waals surface area contributed by atoms with Crippen molar-refractivity contribution in [1.29, 1.82) is 0 Å². The van der Waals surface area contributed by atoms with Gasteiger partial charge >= 0.3 is 0 Å². The fourth-order valence-electron chi connectivity index (χ4n) is 4.24. The van der Waals surface area contributed by atoms with E-state index in [0.717, 1.165) is 11.1 Å². The van der Waals surface area contributed by atoms with Gasteiger partial charge in [0.1, 0.15) is 18.1 Å². The smallest absolute Gasteiger partial charge is 0.243 e. The maximum Gasteiger partial charge on any atom is 0.243 e. The highest BCUT2D eigenvalue weighted by atomic mass is 16.2. The number of aryl methyl sites for hydroxylation is 1. The Kier molecular flexibility index (Phi) is 14.9. The molecule has 2 aromatic carbocycles. The second-order valence-corrected chi connectivity index (χ2v) is 10.1. The molecule has 0 bridgehead atoms. The van der Waals surface area contributed by atoms with Gasteiger partial charge in [-0.1, -0.05) is 60.7 Å². The topological polar surface area (TPSA) is 229 Å². The summed E-state index contributed by atoms with van der Waals surface area (Å²) >= 11 is 0. The molecule has 3 atom stereocenters. The summed E-state index contributed by atoms with van der Waals surface area (Å²) in [4.78, 5) is 74.9. The van der Waals surface area contributed by atoms with Crippen molar-refractivity contribution in [2.75, 3.05) is 13.1 Å². The van der Waals surface area contributed by atoms with Gasteiger partial charge in [-0.15, -0.1) is 0 Å². The lowest BCUT2D eigenvalue weighted by Gasteiger charge is -2.25. The van der Waals surface area contributed by atoms with E-state index < -0.39 is 60.6 Å². The number of nitrogens with one attached hydrogen (secondary N) is 4. The number of hydrogen-bond donors (Lipinski definition) is 7. The van der Waals surface area contributed by atoms with Crippen molar-refractivity contribution >= 4 is 35.4 Å². The van der Waals surface area contributed by atoms with Gasteiger partial charge in [-0.05, 0) is 43.4 Å². The first-order valence-corrected chi connectivity index (χ1v) is 14.1. The lowest BCUT2D eigenvalue weighted by atomic mass is 10.0. The summed E-state index contributed by atoms with van der Waals surface area (Å²) in [7, 11) is 0. The van der Waals surface area contributed by atoms with Crippen LogP contribution >= 0.6 is 0 Å². The van der Waals surface area contributed by atoms with Crippen molar-refractivity contribution in [3.05, 3.63) is 71.8 Å². The third kappa shape index (κ3) is 13.6. The number of carbonyl (C=O) groups excluding carboxylic acids is 6. The lowest BCUT2D eigenvalue weighted by molar-refractivity contribution is -0.134. The average molecular weight is 596 g/mol. The molecule has 0 unspecified atom stereocenters. The summed E-state index contributed by atoms with van der Waals surface area (Å²) in [6.45, 7) is -0.151. The molecule has 6 amide bonds. The number of carbonyl (C=O) groups is 6. The van der Waals surface area contributed by atoms with Gasteiger partial charge in [0.25, 0.3) is 0 Å². The summed E-state index contributed by atoms with van der Waals surface area (Å²) < 4.78 is 0. The van der Waals surface area contributed by atoms with Crippen molar-refractivity contribution in [2.45, 2.75) is 63.1 Å². The molecule has 232 valence electrons. The van der Waals surface area contributed by atoms with E-state index in [1.165, 1.54) is 0 Å². The van der Waals surface area contributed by atoms with Gasteiger partial charge in [0.15, 0.2) is 0 Å². The zero-order valence-corrected chi connectivity index (χ0v) is 24.1. The molecule has 0 aliphatic heterocycles. The van der Waals surface area contributed by atoms with Crippen LogP contribution in [0.4, 0.5) is 0 Å². The standard InChI is InChI=1S/C30H41N7O6/c31-16-8-7-13-22(29(42)37-24(18-25(32)38)28(41)34-19-26(33)39)36-30(43)23(17-21-11-5-2-6-12-21)35-27(40)15-14-20-9-3-1-4-10-20/h1-6,9-12,22-24H,7-8,13-19,31H2,(H2,32,38)(H2,33,39)(H,34,41)(H,35,40)(H,36,43)(H,37,42)/t22-,23-,24-/m0/s1. The van der Waals surface area contributed by atoms with E-state index >= 15 is 0 Å². The zero-order chi connectivity index (χ0) is 31.6. The van der Waals surface area contributed by atoms with Crippen molar-refractivity contribution in [3.8, 4) is 0 Å². The van der Waals surface area contributed by atoms with Gasteiger partial charge in [0, 0.05) is 12.8 Å². The Morgan fingerprint density at radius 1 is 0.651 bits per heavy atom. The first kappa shape index (κ1) is 34.4. The monoisotopic (exact) mass is 595 g/mol. The molecular formula is C30H41N7O6. The fraction of sp³-hybridized carbons (Fsp3) is 0.400. The molecule has 43 heavy (non-hydrogen) atoms. The minimum atomic E-state index is -1.41. The third-order valence-corrected chi connectivity index (χ3v) is 6.47. The van der Waals surface area contributed by atoms with Crippen LogP contribution in [0.3, 0.4) is 0 Å². The van der Waals surface area contributed by atoms with Crippen LogP contribution < -0.4 is 38.5 Å². The molecule has 0 heterocycles. The highest BCUT2D eigenvalue weighted by Gasteiger charge is 2.30. The number of benzene rings is 2. The van der Waals surface area contributed by atoms with Gasteiger partial charge < -0.3 is 38.5 Å². The number of hydrogen-bond acceptors (Lipinski definition) is 7. The highest BCUT2D eigenvalue weighted by Crippen LogP contribution is 2.08. The van der Waals surface area contributed by atoms with Gasteiger partial charge in [0.2, 0.25) is 35.4 Å². The first-order chi connectivity index (χ1) is 20.6. The van der Waals surface area contributed by atoms with E-state index in [4.69, 9.17) is 17.2 Å². The minimum Gasteiger partial charge on any atom is -0.370 e. The normalized spacial score (nSPS) is 12.7. The van der Waals surface area contributed by atoms with Crippen LogP contribution in [0.15, 0.2) is 60.7 Å². The van der Waals surface area contributed by atoms with Crippen LogP contribution in [0.5, 0.6) is 0 Å². The SMILES string of the molecule is NCCCC[C@H](NC(=O)[C@H](Cc1ccccc1)NC(=O)CCc1ccccc1)C(=O)N[C@@H](CC(N)=O)C(=O)NCC(N)=O. The molecule has 0 aliphatic rings. The van der Waals surface area contributed by atoms with E-state index in [-0.39, 0.29) is 25.2 Å². The highest BCUT2D eigenvalue weighted by molar-refractivity contribution is 5.96. The zero-order valence-electron chi connectivity index (χ0n) is 24.1. The largest absolute Gasteiger partial charge is 0.370 e. The summed E-state index contributed by atoms with van der Waals surface area (Å²) in [6.07, 6.45) is 1.45. The minimum absolute atomic E-state index is 0.151. The van der Waals surface area contributed by atoms with Crippen molar-refractivity contribution in [3.63, 3.8) is 0 Å². The Bertz CT molecular complexity index is 1230. The molecule has 0 fully saturated rings. The van der Waals surface area contributed by atoms with Crippen molar-refractivity contribution < 1.29 is 28.8 Å². The number of amides is 6. The summed E-state index contributed by atoms with van der Waals surface area (Å²) in [6, 6.07) is 15.0. The van der Waals surface area contributed by atoms with Crippen LogP contribution in [-0.2, 0) is 41.6 Å². The molecule has 0 radical (unpaired) electrons. The maximum absolute atomic E-state index is 13.5. The Morgan fingerprint density at radius 3 is 1.81 bits per heavy atom. The van der Waals surface area contributed by atoms with Gasteiger partial charge in [-0.2, -0.15) is 0 Å². The summed E-state index contributed by atoms with van der Waals surface area (Å²) in [5.74, 6) is -4.22. The second-order valence-electron chi connectivity index (χ2n) is 10.1. The Labute approximate surface area is 250 Å². The van der Waals surface area contributed by atoms with E-state index in [1.807, 2.05) is 60.7 Å². The van der Waals surface area contributed by atoms with E-state index in [9.17, 15) is 28.8 Å². The van der Waals surface area contributed by atoms with Crippen molar-refractivity contribution in [1.82, 2.24) is 21.3 Å². The van der Waals surface area contributed by atoms with Crippen molar-refractivity contribution in [2.24, 2.45) is 17.2 Å². The van der Waals surface area contributed by atoms with Crippen LogP contribution in [-0.4, -0.2) is 66.7 Å². The van der Waals surface area contributed by atoms with Gasteiger partial charge in [-0.3, -0.25) is 28.8 Å². The number of unbranched alkanes of at least 4 members (excludes halogenated alkanes) is 1. The quantitative estimate of drug-likeness (QED) is 0.0993. The Morgan fingerprint density at radius 2 is 1.23 bits per heavy atom. The third-order valence-electron chi connectivity index (χ3n) is 6.47. The van der Waals surface area contributed by atoms with Crippen LogP contribution in [0.2, 0.25) is 0 Å². The lowest BCUT2D eigenvalue weighted by Crippen LogP contribution is -2.57. The van der Waals surface area contributed by atoms with E-state index in [1.54, 1.807) is 0 Å². The number of primary amides is 2. The average Bonchev–Trinajstić information content (AvgIpc) is 2.98. The maximum atomic E-state index is 13.5. The fourth-order valence-corrected chi connectivity index (χ4v) is 4.24. The molecule has 10 N–H and O–H groups in total. The molecule has 13 heteroatoms. The molecule has 0 saturated carbocycles. The molecular weight excluding hydrogens is 554 g/mol. The molecule has 2 rings (SSSR count). The van der Waals surface area contributed by atoms with Crippen LogP contribution in [0.1, 0.15) is 43.2 Å². The van der Waals surface area contributed by atoms with Crippen LogP contribution in [0.25, 0.3) is 0 Å².